The third-order valence-corrected chi connectivity index (χ3v) is 2.50. The van der Waals surface area contributed by atoms with Crippen molar-refractivity contribution in [2.45, 2.75) is 6.54 Å². The maximum Gasteiger partial charge on any atom is 0.260 e. The van der Waals surface area contributed by atoms with Crippen LogP contribution in [-0.4, -0.2) is 24.5 Å². The number of carbonyl (C=O) groups is 1. The Morgan fingerprint density at radius 1 is 1.22 bits per heavy atom. The number of nitrogens with zero attached hydrogens (tertiary/aromatic N) is 1. The molecule has 1 heterocycles. The Bertz CT molecular complexity index is 479. The van der Waals surface area contributed by atoms with E-state index < -0.39 is 0 Å². The Morgan fingerprint density at radius 3 is 2.67 bits per heavy atom. The summed E-state index contributed by atoms with van der Waals surface area (Å²) in [6, 6.07) is 12.9. The third kappa shape index (κ3) is 3.38. The SMILES string of the molecule is CN(Cc1ccco1)C(=O)COc1ccccc1. The van der Waals surface area contributed by atoms with E-state index in [1.54, 1.807) is 24.3 Å². The van der Waals surface area contributed by atoms with Crippen molar-refractivity contribution in [2.24, 2.45) is 0 Å². The molecular formula is C14H15NO3. The molecule has 18 heavy (non-hydrogen) atoms. The minimum absolute atomic E-state index is 0.0290. The van der Waals surface area contributed by atoms with Crippen LogP contribution in [0.4, 0.5) is 0 Å². The topological polar surface area (TPSA) is 42.7 Å². The second kappa shape index (κ2) is 5.91. The first-order valence-electron chi connectivity index (χ1n) is 5.70. The van der Waals surface area contributed by atoms with Gasteiger partial charge in [0.15, 0.2) is 6.61 Å². The highest BCUT2D eigenvalue weighted by molar-refractivity contribution is 5.77. The molecule has 0 spiro atoms. The van der Waals surface area contributed by atoms with E-state index in [0.717, 1.165) is 5.76 Å². The number of amides is 1. The van der Waals surface area contributed by atoms with Crippen LogP contribution in [-0.2, 0) is 11.3 Å². The first-order chi connectivity index (χ1) is 8.75. The zero-order valence-corrected chi connectivity index (χ0v) is 10.2. The number of carbonyl (C=O) groups excluding carboxylic acids is 1. The molecule has 0 aliphatic heterocycles. The maximum atomic E-state index is 11.8. The summed E-state index contributed by atoms with van der Waals surface area (Å²) in [5, 5.41) is 0. The molecule has 0 unspecified atom stereocenters. The van der Waals surface area contributed by atoms with Crippen molar-refractivity contribution in [3.63, 3.8) is 0 Å². The van der Waals surface area contributed by atoms with Crippen LogP contribution in [0.3, 0.4) is 0 Å². The van der Waals surface area contributed by atoms with Crippen molar-refractivity contribution < 1.29 is 13.9 Å². The van der Waals surface area contributed by atoms with Crippen LogP contribution in [0.25, 0.3) is 0 Å². The maximum absolute atomic E-state index is 11.8. The summed E-state index contributed by atoms with van der Waals surface area (Å²) in [4.78, 5) is 13.4. The molecule has 94 valence electrons. The van der Waals surface area contributed by atoms with E-state index in [2.05, 4.69) is 0 Å². The smallest absolute Gasteiger partial charge is 0.260 e. The zero-order chi connectivity index (χ0) is 12.8. The average Bonchev–Trinajstić information content (AvgIpc) is 2.90. The standard InChI is InChI=1S/C14H15NO3/c1-15(10-13-8-5-9-17-13)14(16)11-18-12-6-3-2-4-7-12/h2-9H,10-11H2,1H3. The van der Waals surface area contributed by atoms with Gasteiger partial charge in [-0.3, -0.25) is 4.79 Å². The Hall–Kier alpha value is -2.23. The van der Waals surface area contributed by atoms with E-state index in [-0.39, 0.29) is 12.5 Å². The Kier molecular flexibility index (Phi) is 4.02. The summed E-state index contributed by atoms with van der Waals surface area (Å²) in [6.07, 6.45) is 1.59. The van der Waals surface area contributed by atoms with E-state index in [1.807, 2.05) is 36.4 Å². The molecule has 4 nitrogen and oxygen atoms in total. The molecule has 0 bridgehead atoms. The lowest BCUT2D eigenvalue weighted by Crippen LogP contribution is -2.30. The number of ether oxygens (including phenoxy) is 1. The largest absolute Gasteiger partial charge is 0.484 e. The van der Waals surface area contributed by atoms with Gasteiger partial charge in [0.05, 0.1) is 12.8 Å². The predicted molar refractivity (Wildman–Crippen MR) is 67.1 cm³/mol. The van der Waals surface area contributed by atoms with Gasteiger partial charge in [0.2, 0.25) is 0 Å². The number of para-hydroxylation sites is 1. The van der Waals surface area contributed by atoms with Crippen LogP contribution in [0.1, 0.15) is 5.76 Å². The highest BCUT2D eigenvalue weighted by Crippen LogP contribution is 2.09. The summed E-state index contributed by atoms with van der Waals surface area (Å²) in [5.41, 5.74) is 0. The van der Waals surface area contributed by atoms with Gasteiger partial charge in [0.25, 0.3) is 5.91 Å². The van der Waals surface area contributed by atoms with Crippen LogP contribution < -0.4 is 4.74 Å². The van der Waals surface area contributed by atoms with Crippen molar-refractivity contribution in [2.75, 3.05) is 13.7 Å². The lowest BCUT2D eigenvalue weighted by molar-refractivity contribution is -0.132. The van der Waals surface area contributed by atoms with Gasteiger partial charge in [0, 0.05) is 7.05 Å². The van der Waals surface area contributed by atoms with Crippen molar-refractivity contribution in [1.29, 1.82) is 0 Å². The summed E-state index contributed by atoms with van der Waals surface area (Å²) < 4.78 is 10.6. The molecule has 1 amide bonds. The number of hydrogen-bond donors (Lipinski definition) is 0. The molecule has 0 saturated carbocycles. The van der Waals surface area contributed by atoms with Crippen molar-refractivity contribution in [1.82, 2.24) is 4.90 Å². The molecule has 0 radical (unpaired) electrons. The minimum atomic E-state index is -0.0877. The normalized spacial score (nSPS) is 10.1. The van der Waals surface area contributed by atoms with Gasteiger partial charge >= 0.3 is 0 Å². The highest BCUT2D eigenvalue weighted by atomic mass is 16.5. The molecule has 0 aliphatic rings. The van der Waals surface area contributed by atoms with E-state index >= 15 is 0 Å². The molecule has 0 atom stereocenters. The van der Waals surface area contributed by atoms with Crippen LogP contribution in [0.5, 0.6) is 5.75 Å². The van der Waals surface area contributed by atoms with Gasteiger partial charge in [0.1, 0.15) is 11.5 Å². The molecule has 1 aromatic heterocycles. The Balaban J connectivity index is 1.81. The quantitative estimate of drug-likeness (QED) is 0.811. The fraction of sp³-hybridized carbons (Fsp3) is 0.214. The Labute approximate surface area is 106 Å². The molecule has 0 saturated heterocycles. The van der Waals surface area contributed by atoms with Crippen LogP contribution in [0, 0.1) is 0 Å². The molecule has 4 heteroatoms. The van der Waals surface area contributed by atoms with E-state index in [9.17, 15) is 4.79 Å². The van der Waals surface area contributed by atoms with Crippen molar-refractivity contribution >= 4 is 5.91 Å². The summed E-state index contributed by atoms with van der Waals surface area (Å²) in [6.45, 7) is 0.477. The van der Waals surface area contributed by atoms with E-state index in [1.165, 1.54) is 0 Å². The second-order valence-electron chi connectivity index (χ2n) is 3.93. The highest BCUT2D eigenvalue weighted by Gasteiger charge is 2.11. The van der Waals surface area contributed by atoms with Gasteiger partial charge in [-0.1, -0.05) is 18.2 Å². The van der Waals surface area contributed by atoms with Crippen molar-refractivity contribution in [3.8, 4) is 5.75 Å². The van der Waals surface area contributed by atoms with Gasteiger partial charge in [-0.05, 0) is 24.3 Å². The lowest BCUT2D eigenvalue weighted by atomic mass is 10.3. The number of furan rings is 1. The fourth-order valence-electron chi connectivity index (χ4n) is 1.50. The average molecular weight is 245 g/mol. The molecule has 0 fully saturated rings. The Morgan fingerprint density at radius 2 is 2.00 bits per heavy atom. The van der Waals surface area contributed by atoms with E-state index in [0.29, 0.717) is 12.3 Å². The predicted octanol–water partition coefficient (Wildman–Crippen LogP) is 2.32. The van der Waals surface area contributed by atoms with Gasteiger partial charge in [-0.15, -0.1) is 0 Å². The van der Waals surface area contributed by atoms with Crippen LogP contribution in [0.2, 0.25) is 0 Å². The van der Waals surface area contributed by atoms with E-state index in [4.69, 9.17) is 9.15 Å². The fourth-order valence-corrected chi connectivity index (χ4v) is 1.50. The molecule has 1 aromatic carbocycles. The molecular weight excluding hydrogens is 230 g/mol. The van der Waals surface area contributed by atoms with Crippen LogP contribution in [0.15, 0.2) is 53.1 Å². The van der Waals surface area contributed by atoms with Crippen molar-refractivity contribution in [3.05, 3.63) is 54.5 Å². The zero-order valence-electron chi connectivity index (χ0n) is 10.2. The molecule has 0 aliphatic carbocycles. The minimum Gasteiger partial charge on any atom is -0.484 e. The molecule has 0 N–H and O–H groups in total. The number of benzene rings is 1. The number of likely N-dealkylation sites (N-methyl/N-ethyl adjacent to an activating group) is 1. The molecule has 2 aromatic rings. The number of rotatable bonds is 5. The summed E-state index contributed by atoms with van der Waals surface area (Å²) in [7, 11) is 1.72. The third-order valence-electron chi connectivity index (χ3n) is 2.50. The summed E-state index contributed by atoms with van der Waals surface area (Å²) >= 11 is 0. The lowest BCUT2D eigenvalue weighted by Gasteiger charge is -2.16. The van der Waals surface area contributed by atoms with Gasteiger partial charge < -0.3 is 14.1 Å². The van der Waals surface area contributed by atoms with Crippen LogP contribution >= 0.6 is 0 Å². The first kappa shape index (κ1) is 12.2. The summed E-state index contributed by atoms with van der Waals surface area (Å²) in [5.74, 6) is 1.36. The van der Waals surface area contributed by atoms with Gasteiger partial charge in [-0.2, -0.15) is 0 Å². The monoisotopic (exact) mass is 245 g/mol. The molecule has 2 rings (SSSR count). The van der Waals surface area contributed by atoms with Gasteiger partial charge in [-0.25, -0.2) is 0 Å². The number of hydrogen-bond acceptors (Lipinski definition) is 3. The second-order valence-corrected chi connectivity index (χ2v) is 3.93. The first-order valence-corrected chi connectivity index (χ1v) is 5.70.